The van der Waals surface area contributed by atoms with E-state index in [0.717, 1.165) is 17.5 Å². The molecule has 2 aromatic rings. The lowest BCUT2D eigenvalue weighted by Gasteiger charge is -2.19. The number of nitrogens with one attached hydrogen (secondary N) is 2. The molecular formula is C21H28N2O4S. The Hall–Kier alpha value is -2.38. The zero-order valence-corrected chi connectivity index (χ0v) is 17.4. The van der Waals surface area contributed by atoms with Gasteiger partial charge in [0.2, 0.25) is 15.9 Å². The number of hydrogen-bond acceptors (Lipinski definition) is 4. The van der Waals surface area contributed by atoms with Gasteiger partial charge in [-0.3, -0.25) is 4.79 Å². The fraction of sp³-hybridized carbons (Fsp3) is 0.381. The average molecular weight is 405 g/mol. The van der Waals surface area contributed by atoms with Crippen molar-refractivity contribution in [1.82, 2.24) is 10.0 Å². The fourth-order valence-corrected chi connectivity index (χ4v) is 4.05. The molecule has 0 saturated carbocycles. The summed E-state index contributed by atoms with van der Waals surface area (Å²) in [5.41, 5.74) is 1.60. The minimum absolute atomic E-state index is 0.106. The molecule has 0 aliphatic heterocycles. The lowest BCUT2D eigenvalue weighted by atomic mass is 10.1. The van der Waals surface area contributed by atoms with Crippen LogP contribution in [0.3, 0.4) is 0 Å². The van der Waals surface area contributed by atoms with Gasteiger partial charge < -0.3 is 10.1 Å². The van der Waals surface area contributed by atoms with Crippen LogP contribution in [0.4, 0.5) is 0 Å². The lowest BCUT2D eigenvalue weighted by Crippen LogP contribution is -2.48. The highest BCUT2D eigenvalue weighted by Gasteiger charge is 2.26. The summed E-state index contributed by atoms with van der Waals surface area (Å²) in [6.45, 7) is 6.60. The van der Waals surface area contributed by atoms with E-state index in [4.69, 9.17) is 4.74 Å². The first kappa shape index (κ1) is 21.9. The minimum atomic E-state index is -3.87. The highest BCUT2D eigenvalue weighted by Crippen LogP contribution is 2.22. The van der Waals surface area contributed by atoms with Crippen LogP contribution >= 0.6 is 0 Å². The lowest BCUT2D eigenvalue weighted by molar-refractivity contribution is -0.122. The number of aryl methyl sites for hydroxylation is 1. The summed E-state index contributed by atoms with van der Waals surface area (Å²) in [7, 11) is -3.87. The maximum Gasteiger partial charge on any atom is 0.241 e. The van der Waals surface area contributed by atoms with Gasteiger partial charge >= 0.3 is 0 Å². The Labute approximate surface area is 167 Å². The monoisotopic (exact) mass is 404 g/mol. The summed E-state index contributed by atoms with van der Waals surface area (Å²) in [4.78, 5) is 12.7. The minimum Gasteiger partial charge on any atom is -0.494 e. The maximum atomic E-state index is 12.9. The molecule has 0 saturated heterocycles. The summed E-state index contributed by atoms with van der Waals surface area (Å²) in [5.74, 6) is 0.305. The maximum absolute atomic E-state index is 12.9. The molecule has 1 amide bonds. The van der Waals surface area contributed by atoms with E-state index in [1.165, 1.54) is 6.07 Å². The van der Waals surface area contributed by atoms with Crippen LogP contribution in [-0.4, -0.2) is 33.5 Å². The Balaban J connectivity index is 2.25. The van der Waals surface area contributed by atoms with E-state index < -0.39 is 16.1 Å². The Bertz CT molecular complexity index is 883. The highest BCUT2D eigenvalue weighted by atomic mass is 32.2. The van der Waals surface area contributed by atoms with Gasteiger partial charge in [-0.15, -0.1) is 0 Å². The van der Waals surface area contributed by atoms with Crippen molar-refractivity contribution in [2.75, 3.05) is 13.2 Å². The first-order chi connectivity index (χ1) is 13.4. The van der Waals surface area contributed by atoms with Crippen molar-refractivity contribution in [3.63, 3.8) is 0 Å². The smallest absolute Gasteiger partial charge is 0.241 e. The molecule has 6 nitrogen and oxygen atoms in total. The summed E-state index contributed by atoms with van der Waals surface area (Å²) < 4.78 is 33.8. The molecule has 0 fully saturated rings. The third kappa shape index (κ3) is 6.07. The van der Waals surface area contributed by atoms with Gasteiger partial charge in [-0.25, -0.2) is 8.42 Å². The van der Waals surface area contributed by atoms with Crippen LogP contribution in [0, 0.1) is 6.92 Å². The second-order valence-electron chi connectivity index (χ2n) is 6.51. The Kier molecular flexibility index (Phi) is 8.02. The van der Waals surface area contributed by atoms with Crippen LogP contribution in [0.2, 0.25) is 0 Å². The van der Waals surface area contributed by atoms with Crippen LogP contribution in [0.25, 0.3) is 0 Å². The molecule has 7 heteroatoms. The zero-order chi connectivity index (χ0) is 20.6. The van der Waals surface area contributed by atoms with E-state index in [1.807, 2.05) is 44.2 Å². The number of carbonyl (C=O) groups is 1. The number of sulfonamides is 1. The average Bonchev–Trinajstić information content (AvgIpc) is 2.68. The second-order valence-corrected chi connectivity index (χ2v) is 8.23. The predicted molar refractivity (Wildman–Crippen MR) is 110 cm³/mol. The predicted octanol–water partition coefficient (Wildman–Crippen LogP) is 2.81. The normalized spacial score (nSPS) is 12.4. The molecule has 0 heterocycles. The molecule has 0 aromatic heterocycles. The Morgan fingerprint density at radius 3 is 2.43 bits per heavy atom. The Morgan fingerprint density at radius 2 is 1.82 bits per heavy atom. The molecule has 0 aliphatic carbocycles. The summed E-state index contributed by atoms with van der Waals surface area (Å²) in [5, 5.41) is 2.78. The number of rotatable bonds is 10. The van der Waals surface area contributed by atoms with E-state index in [2.05, 4.69) is 10.0 Å². The second kappa shape index (κ2) is 10.2. The number of carbonyl (C=O) groups excluding carboxylic acids is 1. The van der Waals surface area contributed by atoms with Crippen molar-refractivity contribution in [3.05, 3.63) is 59.7 Å². The van der Waals surface area contributed by atoms with E-state index in [-0.39, 0.29) is 17.2 Å². The van der Waals surface area contributed by atoms with Crippen LogP contribution in [0.5, 0.6) is 5.75 Å². The van der Waals surface area contributed by atoms with Crippen LogP contribution in [0.15, 0.2) is 53.4 Å². The van der Waals surface area contributed by atoms with E-state index in [0.29, 0.717) is 18.9 Å². The molecule has 2 rings (SSSR count). The van der Waals surface area contributed by atoms with Gasteiger partial charge in [0.25, 0.3) is 0 Å². The number of hydrogen-bond donors (Lipinski definition) is 2. The number of benzene rings is 2. The zero-order valence-electron chi connectivity index (χ0n) is 16.6. The highest BCUT2D eigenvalue weighted by molar-refractivity contribution is 7.89. The van der Waals surface area contributed by atoms with Gasteiger partial charge in [-0.1, -0.05) is 37.3 Å². The molecule has 28 heavy (non-hydrogen) atoms. The molecular weight excluding hydrogens is 376 g/mol. The van der Waals surface area contributed by atoms with Gasteiger partial charge in [0, 0.05) is 6.54 Å². The van der Waals surface area contributed by atoms with E-state index in [1.54, 1.807) is 19.1 Å². The van der Waals surface area contributed by atoms with Crippen LogP contribution < -0.4 is 14.8 Å². The van der Waals surface area contributed by atoms with Gasteiger partial charge in [0.05, 0.1) is 11.5 Å². The fourth-order valence-electron chi connectivity index (χ4n) is 2.77. The van der Waals surface area contributed by atoms with E-state index in [9.17, 15) is 13.2 Å². The SMILES string of the molecule is CCCNC(=O)[C@@H](Cc1ccccc1)NS(=O)(=O)c1ccc(OCC)c(C)c1. The molecule has 0 unspecified atom stereocenters. The van der Waals surface area contributed by atoms with Crippen LogP contribution in [0.1, 0.15) is 31.4 Å². The molecule has 2 aromatic carbocycles. The third-order valence-corrected chi connectivity index (χ3v) is 5.67. The Morgan fingerprint density at radius 1 is 1.11 bits per heavy atom. The number of amides is 1. The summed E-state index contributed by atoms with van der Waals surface area (Å²) >= 11 is 0. The molecule has 0 bridgehead atoms. The third-order valence-electron chi connectivity index (χ3n) is 4.20. The van der Waals surface area contributed by atoms with Crippen molar-refractivity contribution >= 4 is 15.9 Å². The van der Waals surface area contributed by atoms with Crippen molar-refractivity contribution < 1.29 is 17.9 Å². The molecule has 0 radical (unpaired) electrons. The molecule has 2 N–H and O–H groups in total. The van der Waals surface area contributed by atoms with Gasteiger partial charge in [0.15, 0.2) is 0 Å². The summed E-state index contributed by atoms with van der Waals surface area (Å²) in [6.07, 6.45) is 1.04. The first-order valence-corrected chi connectivity index (χ1v) is 10.9. The molecule has 0 spiro atoms. The van der Waals surface area contributed by atoms with Gasteiger partial charge in [0.1, 0.15) is 11.8 Å². The molecule has 0 aliphatic rings. The van der Waals surface area contributed by atoms with E-state index >= 15 is 0 Å². The number of ether oxygens (including phenoxy) is 1. The van der Waals surface area contributed by atoms with Crippen LogP contribution in [-0.2, 0) is 21.2 Å². The van der Waals surface area contributed by atoms with Crippen molar-refractivity contribution in [2.24, 2.45) is 0 Å². The topological polar surface area (TPSA) is 84.5 Å². The largest absolute Gasteiger partial charge is 0.494 e. The quantitative estimate of drug-likeness (QED) is 0.638. The molecule has 152 valence electrons. The van der Waals surface area contributed by atoms with Gasteiger partial charge in [-0.2, -0.15) is 4.72 Å². The van der Waals surface area contributed by atoms with Gasteiger partial charge in [-0.05, 0) is 56.0 Å². The molecule has 1 atom stereocenters. The van der Waals surface area contributed by atoms with Crippen molar-refractivity contribution in [2.45, 2.75) is 44.6 Å². The standard InChI is InChI=1S/C21H28N2O4S/c1-4-13-22-21(24)19(15-17-9-7-6-8-10-17)23-28(25,26)18-11-12-20(27-5-2)16(3)14-18/h6-12,14,19,23H,4-5,13,15H2,1-3H3,(H,22,24)/t19-/m1/s1. The van der Waals surface area contributed by atoms with Crippen molar-refractivity contribution in [3.8, 4) is 5.75 Å². The summed E-state index contributed by atoms with van der Waals surface area (Å²) in [6, 6.07) is 13.1. The first-order valence-electron chi connectivity index (χ1n) is 9.44. The van der Waals surface area contributed by atoms with Crippen molar-refractivity contribution in [1.29, 1.82) is 0 Å².